The van der Waals surface area contributed by atoms with Crippen molar-refractivity contribution in [1.29, 1.82) is 0 Å². The second-order valence-corrected chi connectivity index (χ2v) is 5.47. The molecule has 0 spiro atoms. The Bertz CT molecular complexity index is 924. The van der Waals surface area contributed by atoms with Crippen LogP contribution in [-0.2, 0) is 6.54 Å². The Morgan fingerprint density at radius 2 is 2.00 bits per heavy atom. The fraction of sp³-hybridized carbons (Fsp3) is 0.100. The normalized spacial score (nSPS) is 10.9. The van der Waals surface area contributed by atoms with Crippen LogP contribution in [-0.4, -0.2) is 23.8 Å². The Morgan fingerprint density at radius 3 is 2.72 bits per heavy atom. The van der Waals surface area contributed by atoms with Crippen LogP contribution in [0.5, 0.6) is 5.75 Å². The minimum Gasteiger partial charge on any atom is -0.497 e. The van der Waals surface area contributed by atoms with Gasteiger partial charge in [-0.05, 0) is 30.3 Å². The molecule has 0 bridgehead atoms. The van der Waals surface area contributed by atoms with Crippen molar-refractivity contribution in [2.24, 2.45) is 5.10 Å². The number of hydrogen-bond acceptors (Lipinski definition) is 3. The SMILES string of the molecule is C=CCn1cc(/C=N\NC(=O)c2ccc(OC)cc2)c2ccccc21. The van der Waals surface area contributed by atoms with Crippen LogP contribution in [0.2, 0.25) is 0 Å². The van der Waals surface area contributed by atoms with Gasteiger partial charge in [-0.1, -0.05) is 24.3 Å². The first kappa shape index (κ1) is 16.5. The first-order chi connectivity index (χ1) is 12.2. The summed E-state index contributed by atoms with van der Waals surface area (Å²) in [6.45, 7) is 4.50. The van der Waals surface area contributed by atoms with E-state index in [9.17, 15) is 4.79 Å². The number of carbonyl (C=O) groups excluding carboxylic acids is 1. The van der Waals surface area contributed by atoms with Crippen molar-refractivity contribution in [3.8, 4) is 5.75 Å². The van der Waals surface area contributed by atoms with Crippen LogP contribution in [0.1, 0.15) is 15.9 Å². The van der Waals surface area contributed by atoms with E-state index in [-0.39, 0.29) is 5.91 Å². The highest BCUT2D eigenvalue weighted by molar-refractivity contribution is 6.00. The summed E-state index contributed by atoms with van der Waals surface area (Å²) in [5.41, 5.74) is 5.11. The number of benzene rings is 2. The van der Waals surface area contributed by atoms with Gasteiger partial charge in [-0.15, -0.1) is 6.58 Å². The van der Waals surface area contributed by atoms with Crippen molar-refractivity contribution >= 4 is 23.0 Å². The van der Waals surface area contributed by atoms with E-state index in [0.717, 1.165) is 16.5 Å². The van der Waals surface area contributed by atoms with Crippen LogP contribution >= 0.6 is 0 Å². The summed E-state index contributed by atoms with van der Waals surface area (Å²) in [6, 6.07) is 14.9. The van der Waals surface area contributed by atoms with Gasteiger partial charge in [-0.2, -0.15) is 5.10 Å². The van der Waals surface area contributed by atoms with Crippen LogP contribution in [0, 0.1) is 0 Å². The van der Waals surface area contributed by atoms with Crippen molar-refractivity contribution in [3.05, 3.63) is 78.5 Å². The Balaban J connectivity index is 1.76. The number of ether oxygens (including phenoxy) is 1. The van der Waals surface area contributed by atoms with Gasteiger partial charge in [-0.3, -0.25) is 4.79 Å². The smallest absolute Gasteiger partial charge is 0.271 e. The highest BCUT2D eigenvalue weighted by Crippen LogP contribution is 2.20. The molecule has 1 heterocycles. The molecule has 0 radical (unpaired) electrons. The van der Waals surface area contributed by atoms with E-state index < -0.39 is 0 Å². The fourth-order valence-corrected chi connectivity index (χ4v) is 2.64. The topological polar surface area (TPSA) is 55.6 Å². The van der Waals surface area contributed by atoms with Crippen LogP contribution in [0.3, 0.4) is 0 Å². The lowest BCUT2D eigenvalue weighted by Crippen LogP contribution is -2.17. The predicted octanol–water partition coefficient (Wildman–Crippen LogP) is 3.60. The third kappa shape index (κ3) is 3.61. The molecule has 2 aromatic carbocycles. The number of aromatic nitrogens is 1. The highest BCUT2D eigenvalue weighted by Gasteiger charge is 2.06. The molecule has 0 saturated carbocycles. The summed E-state index contributed by atoms with van der Waals surface area (Å²) in [7, 11) is 1.59. The summed E-state index contributed by atoms with van der Waals surface area (Å²) in [6.07, 6.45) is 5.50. The van der Waals surface area contributed by atoms with Crippen molar-refractivity contribution in [2.75, 3.05) is 7.11 Å². The maximum absolute atomic E-state index is 12.1. The molecule has 1 N–H and O–H groups in total. The van der Waals surface area contributed by atoms with Gasteiger partial charge in [0.25, 0.3) is 5.91 Å². The molecule has 0 saturated heterocycles. The Hall–Kier alpha value is -3.34. The van der Waals surface area contributed by atoms with E-state index in [1.807, 2.05) is 36.5 Å². The maximum atomic E-state index is 12.1. The summed E-state index contributed by atoms with van der Waals surface area (Å²) in [4.78, 5) is 12.1. The van der Waals surface area contributed by atoms with Gasteiger partial charge >= 0.3 is 0 Å². The molecular weight excluding hydrogens is 314 g/mol. The largest absolute Gasteiger partial charge is 0.497 e. The first-order valence-corrected chi connectivity index (χ1v) is 7.89. The predicted molar refractivity (Wildman–Crippen MR) is 100 cm³/mol. The summed E-state index contributed by atoms with van der Waals surface area (Å²) < 4.78 is 7.17. The van der Waals surface area contributed by atoms with Gasteiger partial charge in [0, 0.05) is 34.8 Å². The second-order valence-electron chi connectivity index (χ2n) is 5.47. The van der Waals surface area contributed by atoms with E-state index in [1.165, 1.54) is 0 Å². The Kier molecular flexibility index (Phi) is 4.95. The number of hydrogen-bond donors (Lipinski definition) is 1. The molecule has 0 aliphatic heterocycles. The summed E-state index contributed by atoms with van der Waals surface area (Å²) >= 11 is 0. The molecule has 25 heavy (non-hydrogen) atoms. The first-order valence-electron chi connectivity index (χ1n) is 7.89. The van der Waals surface area contributed by atoms with Gasteiger partial charge in [0.15, 0.2) is 0 Å². The van der Waals surface area contributed by atoms with Crippen molar-refractivity contribution in [3.63, 3.8) is 0 Å². The van der Waals surface area contributed by atoms with Crippen LogP contribution < -0.4 is 10.2 Å². The van der Waals surface area contributed by atoms with E-state index in [0.29, 0.717) is 17.9 Å². The zero-order valence-corrected chi connectivity index (χ0v) is 14.0. The monoisotopic (exact) mass is 333 g/mol. The minimum atomic E-state index is -0.270. The van der Waals surface area contributed by atoms with Gasteiger partial charge < -0.3 is 9.30 Å². The molecule has 3 aromatic rings. The van der Waals surface area contributed by atoms with Gasteiger partial charge in [-0.25, -0.2) is 5.43 Å². The number of methoxy groups -OCH3 is 1. The number of para-hydroxylation sites is 1. The number of fused-ring (bicyclic) bond motifs is 1. The number of nitrogens with zero attached hydrogens (tertiary/aromatic N) is 2. The molecule has 1 amide bonds. The van der Waals surface area contributed by atoms with Crippen molar-refractivity contribution in [2.45, 2.75) is 6.54 Å². The van der Waals surface area contributed by atoms with E-state index in [2.05, 4.69) is 21.7 Å². The van der Waals surface area contributed by atoms with E-state index in [4.69, 9.17) is 4.74 Å². The average Bonchev–Trinajstić information content (AvgIpc) is 3.00. The van der Waals surface area contributed by atoms with Gasteiger partial charge in [0.1, 0.15) is 5.75 Å². The number of hydrazone groups is 1. The molecule has 1 aromatic heterocycles. The number of amides is 1. The zero-order chi connectivity index (χ0) is 17.6. The molecule has 5 nitrogen and oxygen atoms in total. The number of nitrogens with one attached hydrogen (secondary N) is 1. The summed E-state index contributed by atoms with van der Waals surface area (Å²) in [5, 5.41) is 5.16. The van der Waals surface area contributed by atoms with Gasteiger partial charge in [0.05, 0.1) is 13.3 Å². The number of carbonyl (C=O) groups is 1. The minimum absolute atomic E-state index is 0.270. The molecule has 0 atom stereocenters. The maximum Gasteiger partial charge on any atom is 0.271 e. The Morgan fingerprint density at radius 1 is 1.24 bits per heavy atom. The molecule has 126 valence electrons. The summed E-state index contributed by atoms with van der Waals surface area (Å²) in [5.74, 6) is 0.434. The highest BCUT2D eigenvalue weighted by atomic mass is 16.5. The zero-order valence-electron chi connectivity index (χ0n) is 14.0. The van der Waals surface area contributed by atoms with Crippen LogP contribution in [0.4, 0.5) is 0 Å². The lowest BCUT2D eigenvalue weighted by Gasteiger charge is -2.01. The fourth-order valence-electron chi connectivity index (χ4n) is 2.64. The van der Waals surface area contributed by atoms with E-state index >= 15 is 0 Å². The third-order valence-corrected chi connectivity index (χ3v) is 3.87. The van der Waals surface area contributed by atoms with Crippen molar-refractivity contribution < 1.29 is 9.53 Å². The molecule has 0 fully saturated rings. The standard InChI is InChI=1S/C20H19N3O2/c1-3-12-23-14-16(18-6-4-5-7-19(18)23)13-21-22-20(24)15-8-10-17(25-2)11-9-15/h3-11,13-14H,1,12H2,2H3,(H,22,24)/b21-13-. The molecule has 3 rings (SSSR count). The molecule has 0 aliphatic carbocycles. The van der Waals surface area contributed by atoms with Crippen LogP contribution in [0.15, 0.2) is 72.5 Å². The molecule has 0 unspecified atom stereocenters. The Labute approximate surface area is 146 Å². The number of allylic oxidation sites excluding steroid dienone is 1. The quantitative estimate of drug-likeness (QED) is 0.426. The third-order valence-electron chi connectivity index (χ3n) is 3.87. The van der Waals surface area contributed by atoms with Gasteiger partial charge in [0.2, 0.25) is 0 Å². The van der Waals surface area contributed by atoms with Crippen LogP contribution in [0.25, 0.3) is 10.9 Å². The average molecular weight is 333 g/mol. The lowest BCUT2D eigenvalue weighted by molar-refractivity contribution is 0.0955. The number of rotatable bonds is 6. The molecule has 5 heteroatoms. The van der Waals surface area contributed by atoms with E-state index in [1.54, 1.807) is 37.6 Å². The molecule has 0 aliphatic rings. The lowest BCUT2D eigenvalue weighted by atomic mass is 10.2. The second kappa shape index (κ2) is 7.49. The molecular formula is C20H19N3O2. The van der Waals surface area contributed by atoms with Crippen molar-refractivity contribution in [1.82, 2.24) is 9.99 Å².